The first-order valence-electron chi connectivity index (χ1n) is 5.86. The van der Waals surface area contributed by atoms with Gasteiger partial charge in [0.15, 0.2) is 0 Å². The van der Waals surface area contributed by atoms with E-state index < -0.39 is 0 Å². The molecule has 0 bridgehead atoms. The highest BCUT2D eigenvalue weighted by atomic mass is 16.2. The van der Waals surface area contributed by atoms with Gasteiger partial charge >= 0.3 is 0 Å². The molecule has 1 aromatic rings. The average Bonchev–Trinajstić information content (AvgIpc) is 2.69. The summed E-state index contributed by atoms with van der Waals surface area (Å²) < 4.78 is 1.49. The molecule has 1 fully saturated rings. The van der Waals surface area contributed by atoms with Gasteiger partial charge in [-0.15, -0.1) is 0 Å². The number of hydrogen-bond acceptors (Lipinski definition) is 4. The fraction of sp³-hybridized carbons (Fsp3) is 0.545. The summed E-state index contributed by atoms with van der Waals surface area (Å²) in [4.78, 5) is 24.7. The van der Waals surface area contributed by atoms with Crippen LogP contribution in [-0.4, -0.2) is 46.1 Å². The lowest BCUT2D eigenvalue weighted by molar-refractivity contribution is -0.134. The van der Waals surface area contributed by atoms with Crippen LogP contribution in [0, 0.1) is 0 Å². The lowest BCUT2D eigenvalue weighted by Gasteiger charge is -2.30. The van der Waals surface area contributed by atoms with Gasteiger partial charge in [-0.25, -0.2) is 0 Å². The SMILES string of the molecule is CN1CC(NC(=O)Cn2cc(N)cn2)CCC1=O. The second-order valence-corrected chi connectivity index (χ2v) is 4.55. The van der Waals surface area contributed by atoms with Crippen molar-refractivity contribution in [3.63, 3.8) is 0 Å². The van der Waals surface area contributed by atoms with Crippen molar-refractivity contribution in [3.05, 3.63) is 12.4 Å². The molecule has 7 heteroatoms. The van der Waals surface area contributed by atoms with E-state index in [-0.39, 0.29) is 24.4 Å². The number of nitrogen functional groups attached to an aromatic ring is 1. The van der Waals surface area contributed by atoms with Crippen molar-refractivity contribution in [3.8, 4) is 0 Å². The van der Waals surface area contributed by atoms with E-state index in [0.717, 1.165) is 0 Å². The van der Waals surface area contributed by atoms with Crippen LogP contribution < -0.4 is 11.1 Å². The molecule has 0 aromatic carbocycles. The summed E-state index contributed by atoms with van der Waals surface area (Å²) in [5.74, 6) is 0.00574. The molecule has 1 aliphatic rings. The summed E-state index contributed by atoms with van der Waals surface area (Å²) in [5.41, 5.74) is 6.05. The van der Waals surface area contributed by atoms with Gasteiger partial charge in [-0.05, 0) is 6.42 Å². The summed E-state index contributed by atoms with van der Waals surface area (Å²) >= 11 is 0. The van der Waals surface area contributed by atoms with Crippen molar-refractivity contribution < 1.29 is 9.59 Å². The van der Waals surface area contributed by atoms with E-state index in [1.165, 1.54) is 10.9 Å². The second-order valence-electron chi connectivity index (χ2n) is 4.55. The zero-order chi connectivity index (χ0) is 13.1. The van der Waals surface area contributed by atoms with Crippen LogP contribution in [0.4, 0.5) is 5.69 Å². The van der Waals surface area contributed by atoms with Crippen LogP contribution in [0.25, 0.3) is 0 Å². The smallest absolute Gasteiger partial charge is 0.242 e. The van der Waals surface area contributed by atoms with Crippen LogP contribution >= 0.6 is 0 Å². The number of nitrogens with zero attached hydrogens (tertiary/aromatic N) is 3. The number of hydrogen-bond donors (Lipinski definition) is 2. The number of carbonyl (C=O) groups is 2. The average molecular weight is 251 g/mol. The first-order chi connectivity index (χ1) is 8.54. The molecule has 2 rings (SSSR count). The molecule has 7 nitrogen and oxygen atoms in total. The molecular weight excluding hydrogens is 234 g/mol. The molecule has 0 saturated carbocycles. The molecule has 1 atom stereocenters. The van der Waals surface area contributed by atoms with Crippen LogP contribution in [0.1, 0.15) is 12.8 Å². The zero-order valence-corrected chi connectivity index (χ0v) is 10.3. The van der Waals surface area contributed by atoms with Gasteiger partial charge in [0.1, 0.15) is 6.54 Å². The van der Waals surface area contributed by atoms with Gasteiger partial charge in [-0.1, -0.05) is 0 Å². The predicted molar refractivity (Wildman–Crippen MR) is 65.4 cm³/mol. The fourth-order valence-corrected chi connectivity index (χ4v) is 2.02. The van der Waals surface area contributed by atoms with E-state index in [2.05, 4.69) is 10.4 Å². The molecular formula is C11H17N5O2. The minimum Gasteiger partial charge on any atom is -0.396 e. The number of nitrogens with one attached hydrogen (secondary N) is 1. The molecule has 1 aromatic heterocycles. The van der Waals surface area contributed by atoms with Crippen molar-refractivity contribution in [1.82, 2.24) is 20.0 Å². The Labute approximate surface area is 105 Å². The number of likely N-dealkylation sites (tertiary alicyclic amines) is 1. The molecule has 1 aliphatic heterocycles. The van der Waals surface area contributed by atoms with Crippen LogP contribution in [0.5, 0.6) is 0 Å². The van der Waals surface area contributed by atoms with E-state index in [1.807, 2.05) is 0 Å². The van der Waals surface area contributed by atoms with Gasteiger partial charge < -0.3 is 16.0 Å². The molecule has 0 aliphatic carbocycles. The van der Waals surface area contributed by atoms with Crippen molar-refractivity contribution in [2.75, 3.05) is 19.3 Å². The van der Waals surface area contributed by atoms with Gasteiger partial charge in [-0.3, -0.25) is 14.3 Å². The Balaban J connectivity index is 1.82. The highest BCUT2D eigenvalue weighted by Crippen LogP contribution is 2.09. The highest BCUT2D eigenvalue weighted by molar-refractivity contribution is 5.78. The van der Waals surface area contributed by atoms with Gasteiger partial charge in [-0.2, -0.15) is 5.10 Å². The number of piperidine rings is 1. The Morgan fingerprint density at radius 3 is 3.06 bits per heavy atom. The zero-order valence-electron chi connectivity index (χ0n) is 10.3. The Hall–Kier alpha value is -2.05. The Bertz CT molecular complexity index is 456. The van der Waals surface area contributed by atoms with Crippen molar-refractivity contribution in [1.29, 1.82) is 0 Å². The third-order valence-electron chi connectivity index (χ3n) is 2.95. The number of likely N-dealkylation sites (N-methyl/N-ethyl adjacent to an activating group) is 1. The maximum atomic E-state index is 11.8. The quantitative estimate of drug-likeness (QED) is 0.735. The van der Waals surface area contributed by atoms with Gasteiger partial charge in [0.05, 0.1) is 11.9 Å². The molecule has 3 N–H and O–H groups in total. The van der Waals surface area contributed by atoms with Crippen molar-refractivity contribution >= 4 is 17.5 Å². The first-order valence-corrected chi connectivity index (χ1v) is 5.86. The van der Waals surface area contributed by atoms with Crippen LogP contribution in [0.3, 0.4) is 0 Å². The van der Waals surface area contributed by atoms with Gasteiger partial charge in [0.25, 0.3) is 0 Å². The molecule has 2 amide bonds. The first kappa shape index (κ1) is 12.4. The maximum Gasteiger partial charge on any atom is 0.242 e. The lowest BCUT2D eigenvalue weighted by atomic mass is 10.1. The number of carbonyl (C=O) groups excluding carboxylic acids is 2. The molecule has 2 heterocycles. The molecule has 1 saturated heterocycles. The minimum atomic E-state index is -0.120. The predicted octanol–water partition coefficient (Wildman–Crippen LogP) is -0.798. The van der Waals surface area contributed by atoms with E-state index >= 15 is 0 Å². The Morgan fingerprint density at radius 1 is 1.67 bits per heavy atom. The van der Waals surface area contributed by atoms with E-state index in [0.29, 0.717) is 25.1 Å². The standard InChI is InChI=1S/C11H17N5O2/c1-15-6-9(2-3-11(15)18)14-10(17)7-16-5-8(12)4-13-16/h4-5,9H,2-3,6-7,12H2,1H3,(H,14,17). The van der Waals surface area contributed by atoms with Crippen LogP contribution in [-0.2, 0) is 16.1 Å². The Kier molecular flexibility index (Phi) is 3.50. The van der Waals surface area contributed by atoms with Gasteiger partial charge in [0.2, 0.25) is 11.8 Å². The topological polar surface area (TPSA) is 93.2 Å². The van der Waals surface area contributed by atoms with E-state index in [4.69, 9.17) is 5.73 Å². The monoisotopic (exact) mass is 251 g/mol. The lowest BCUT2D eigenvalue weighted by Crippen LogP contribution is -2.49. The summed E-state index contributed by atoms with van der Waals surface area (Å²) in [6.45, 7) is 0.706. The fourth-order valence-electron chi connectivity index (χ4n) is 2.02. The molecule has 98 valence electrons. The third-order valence-corrected chi connectivity index (χ3v) is 2.95. The Morgan fingerprint density at radius 2 is 2.44 bits per heavy atom. The van der Waals surface area contributed by atoms with Crippen LogP contribution in [0.15, 0.2) is 12.4 Å². The summed E-state index contributed by atoms with van der Waals surface area (Å²) in [5, 5.41) is 6.84. The van der Waals surface area contributed by atoms with Crippen LogP contribution in [0.2, 0.25) is 0 Å². The third kappa shape index (κ3) is 2.99. The number of rotatable bonds is 3. The number of nitrogens with two attached hydrogens (primary N) is 1. The normalized spacial score (nSPS) is 19.9. The largest absolute Gasteiger partial charge is 0.396 e. The highest BCUT2D eigenvalue weighted by Gasteiger charge is 2.23. The molecule has 0 spiro atoms. The summed E-state index contributed by atoms with van der Waals surface area (Å²) in [6, 6.07) is 0.0214. The van der Waals surface area contributed by atoms with E-state index in [9.17, 15) is 9.59 Å². The summed E-state index contributed by atoms with van der Waals surface area (Å²) in [6.07, 6.45) is 4.28. The summed E-state index contributed by atoms with van der Waals surface area (Å²) in [7, 11) is 1.74. The van der Waals surface area contributed by atoms with Gasteiger partial charge in [0, 0.05) is 32.3 Å². The van der Waals surface area contributed by atoms with Crippen molar-refractivity contribution in [2.24, 2.45) is 0 Å². The molecule has 1 unspecified atom stereocenters. The molecule has 18 heavy (non-hydrogen) atoms. The van der Waals surface area contributed by atoms with Crippen molar-refractivity contribution in [2.45, 2.75) is 25.4 Å². The van der Waals surface area contributed by atoms with E-state index in [1.54, 1.807) is 18.1 Å². The molecule has 0 radical (unpaired) electrons. The number of aromatic nitrogens is 2. The maximum absolute atomic E-state index is 11.8. The number of anilines is 1. The second kappa shape index (κ2) is 5.07. The minimum absolute atomic E-state index is 0.0214. The number of amides is 2.